The Bertz CT molecular complexity index is 902. The maximum absolute atomic E-state index is 12.2. The smallest absolute Gasteiger partial charge is 0.276 e. The van der Waals surface area contributed by atoms with Crippen molar-refractivity contribution in [2.24, 2.45) is 5.10 Å². The van der Waals surface area contributed by atoms with E-state index in [0.29, 0.717) is 23.7 Å². The maximum atomic E-state index is 12.2. The molecule has 0 spiro atoms. The monoisotopic (exact) mass is 416 g/mol. The van der Waals surface area contributed by atoms with Crippen LogP contribution in [-0.2, 0) is 10.0 Å². The molecule has 0 atom stereocenters. The first kappa shape index (κ1) is 20.4. The molecule has 0 radical (unpaired) electrons. The van der Waals surface area contributed by atoms with E-state index in [-0.39, 0.29) is 14.9 Å². The zero-order valence-corrected chi connectivity index (χ0v) is 16.5. The molecular weight excluding hydrogens is 399 g/mol. The van der Waals surface area contributed by atoms with Crippen LogP contribution in [0.25, 0.3) is 0 Å². The second kappa shape index (κ2) is 9.12. The molecule has 0 aliphatic heterocycles. The molecule has 6 nitrogen and oxygen atoms in total. The summed E-state index contributed by atoms with van der Waals surface area (Å²) in [6.45, 7) is 2.58. The quantitative estimate of drug-likeness (QED) is 0.518. The Morgan fingerprint density at radius 2 is 1.88 bits per heavy atom. The summed E-state index contributed by atoms with van der Waals surface area (Å²) < 4.78 is 35.3. The van der Waals surface area contributed by atoms with E-state index in [1.807, 2.05) is 6.92 Å². The van der Waals surface area contributed by atoms with Gasteiger partial charge in [0.15, 0.2) is 11.5 Å². The zero-order valence-electron chi connectivity index (χ0n) is 14.2. The van der Waals surface area contributed by atoms with Gasteiger partial charge in [0.05, 0.1) is 34.9 Å². The van der Waals surface area contributed by atoms with E-state index in [2.05, 4.69) is 9.93 Å². The lowest BCUT2D eigenvalue weighted by atomic mass is 10.2. The Balaban J connectivity index is 2.12. The third-order valence-electron chi connectivity index (χ3n) is 3.24. The molecule has 2 rings (SSSR count). The highest BCUT2D eigenvalue weighted by Crippen LogP contribution is 2.28. The summed E-state index contributed by atoms with van der Waals surface area (Å²) in [7, 11) is -2.32. The summed E-state index contributed by atoms with van der Waals surface area (Å²) >= 11 is 11.6. The Kier molecular flexibility index (Phi) is 7.14. The molecule has 2 aromatic rings. The van der Waals surface area contributed by atoms with Gasteiger partial charge in [-0.2, -0.15) is 13.5 Å². The second-order valence-electron chi connectivity index (χ2n) is 5.19. The first-order valence-corrected chi connectivity index (χ1v) is 9.92. The normalized spacial score (nSPS) is 11.5. The van der Waals surface area contributed by atoms with Crippen molar-refractivity contribution in [2.75, 3.05) is 13.7 Å². The van der Waals surface area contributed by atoms with Crippen LogP contribution in [0.2, 0.25) is 10.0 Å². The molecule has 0 saturated carbocycles. The maximum Gasteiger partial charge on any atom is 0.276 e. The molecule has 0 aliphatic rings. The average Bonchev–Trinajstić information content (AvgIpc) is 2.62. The number of hydrazone groups is 1. The number of nitrogens with zero attached hydrogens (tertiary/aromatic N) is 1. The Morgan fingerprint density at radius 1 is 1.12 bits per heavy atom. The van der Waals surface area contributed by atoms with Gasteiger partial charge in [0.2, 0.25) is 0 Å². The molecule has 26 heavy (non-hydrogen) atoms. The highest BCUT2D eigenvalue weighted by atomic mass is 35.5. The van der Waals surface area contributed by atoms with Gasteiger partial charge in [-0.3, -0.25) is 0 Å². The number of halogens is 2. The molecule has 0 aromatic heterocycles. The molecule has 0 amide bonds. The van der Waals surface area contributed by atoms with Gasteiger partial charge in [-0.25, -0.2) is 4.83 Å². The van der Waals surface area contributed by atoms with Crippen LogP contribution in [0.5, 0.6) is 11.5 Å². The van der Waals surface area contributed by atoms with Crippen LogP contribution in [-0.4, -0.2) is 28.3 Å². The number of sulfonamides is 1. The molecule has 9 heteroatoms. The third-order valence-corrected chi connectivity index (χ3v) is 5.20. The van der Waals surface area contributed by atoms with E-state index in [1.54, 1.807) is 18.2 Å². The standard InChI is InChI=1S/C17H18Cl2N2O4S/c1-3-8-25-16-7-4-12(9-17(16)24-2)11-20-21-26(22,23)13-5-6-14(18)15(19)10-13/h4-7,9-11,21H,3,8H2,1-2H3/b20-11+. The number of hydrogen-bond acceptors (Lipinski definition) is 5. The van der Waals surface area contributed by atoms with Gasteiger partial charge in [0, 0.05) is 0 Å². The van der Waals surface area contributed by atoms with Gasteiger partial charge in [0.25, 0.3) is 10.0 Å². The minimum atomic E-state index is -3.85. The van der Waals surface area contributed by atoms with Crippen LogP contribution in [0.1, 0.15) is 18.9 Å². The lowest BCUT2D eigenvalue weighted by Crippen LogP contribution is -2.18. The number of ether oxygens (including phenoxy) is 2. The van der Waals surface area contributed by atoms with E-state index in [1.165, 1.54) is 31.5 Å². The van der Waals surface area contributed by atoms with Crippen molar-refractivity contribution in [3.05, 3.63) is 52.0 Å². The van der Waals surface area contributed by atoms with Crippen molar-refractivity contribution in [3.8, 4) is 11.5 Å². The Morgan fingerprint density at radius 3 is 2.54 bits per heavy atom. The Labute approximate surface area is 162 Å². The number of hydrogen-bond donors (Lipinski definition) is 1. The van der Waals surface area contributed by atoms with E-state index in [9.17, 15) is 8.42 Å². The average molecular weight is 417 g/mol. The lowest BCUT2D eigenvalue weighted by Gasteiger charge is -2.10. The Hall–Kier alpha value is -1.96. The summed E-state index contributed by atoms with van der Waals surface area (Å²) in [4.78, 5) is 2.09. The number of benzene rings is 2. The molecule has 1 N–H and O–H groups in total. The van der Waals surface area contributed by atoms with E-state index >= 15 is 0 Å². The fourth-order valence-corrected chi connectivity index (χ4v) is 3.14. The molecule has 0 unspecified atom stereocenters. The molecule has 0 saturated heterocycles. The largest absolute Gasteiger partial charge is 0.493 e. The van der Waals surface area contributed by atoms with E-state index in [4.69, 9.17) is 32.7 Å². The van der Waals surface area contributed by atoms with Gasteiger partial charge < -0.3 is 9.47 Å². The van der Waals surface area contributed by atoms with Crippen molar-refractivity contribution in [1.29, 1.82) is 0 Å². The second-order valence-corrected chi connectivity index (χ2v) is 7.66. The van der Waals surface area contributed by atoms with Gasteiger partial charge in [-0.15, -0.1) is 0 Å². The minimum Gasteiger partial charge on any atom is -0.493 e. The predicted octanol–water partition coefficient (Wildman–Crippen LogP) is 4.10. The SMILES string of the molecule is CCCOc1ccc(/C=N/NS(=O)(=O)c2ccc(Cl)c(Cl)c2)cc1OC. The van der Waals surface area contributed by atoms with Gasteiger partial charge in [-0.05, 0) is 48.4 Å². The first-order chi connectivity index (χ1) is 12.4. The molecule has 0 heterocycles. The molecule has 0 aliphatic carbocycles. The number of nitrogens with one attached hydrogen (secondary N) is 1. The summed E-state index contributed by atoms with van der Waals surface area (Å²) in [6, 6.07) is 9.18. The van der Waals surface area contributed by atoms with Gasteiger partial charge in [-0.1, -0.05) is 30.1 Å². The van der Waals surface area contributed by atoms with Crippen molar-refractivity contribution >= 4 is 39.4 Å². The minimum absolute atomic E-state index is 0.0371. The third kappa shape index (κ3) is 5.27. The van der Waals surface area contributed by atoms with Crippen LogP contribution in [0.4, 0.5) is 0 Å². The summed E-state index contributed by atoms with van der Waals surface area (Å²) in [5.41, 5.74) is 0.641. The van der Waals surface area contributed by atoms with Crippen molar-refractivity contribution in [1.82, 2.24) is 4.83 Å². The molecule has 2 aromatic carbocycles. The predicted molar refractivity (Wildman–Crippen MR) is 103 cm³/mol. The molecule has 140 valence electrons. The molecular formula is C17H18Cl2N2O4S. The van der Waals surface area contributed by atoms with Crippen LogP contribution in [0.3, 0.4) is 0 Å². The van der Waals surface area contributed by atoms with Crippen molar-refractivity contribution in [2.45, 2.75) is 18.2 Å². The molecule has 0 bridgehead atoms. The highest BCUT2D eigenvalue weighted by Gasteiger charge is 2.14. The first-order valence-electron chi connectivity index (χ1n) is 7.68. The molecule has 0 fully saturated rings. The van der Waals surface area contributed by atoms with Crippen LogP contribution in [0, 0.1) is 0 Å². The van der Waals surface area contributed by atoms with Crippen LogP contribution < -0.4 is 14.3 Å². The number of rotatable bonds is 8. The highest BCUT2D eigenvalue weighted by molar-refractivity contribution is 7.89. The van der Waals surface area contributed by atoms with Gasteiger partial charge >= 0.3 is 0 Å². The number of methoxy groups -OCH3 is 1. The topological polar surface area (TPSA) is 77.0 Å². The summed E-state index contributed by atoms with van der Waals surface area (Å²) in [5.74, 6) is 1.15. The summed E-state index contributed by atoms with van der Waals surface area (Å²) in [6.07, 6.45) is 2.24. The van der Waals surface area contributed by atoms with E-state index in [0.717, 1.165) is 6.42 Å². The summed E-state index contributed by atoms with van der Waals surface area (Å²) in [5, 5.41) is 4.19. The van der Waals surface area contributed by atoms with E-state index < -0.39 is 10.0 Å². The van der Waals surface area contributed by atoms with Crippen molar-refractivity contribution in [3.63, 3.8) is 0 Å². The fourth-order valence-electron chi connectivity index (χ4n) is 1.96. The zero-order chi connectivity index (χ0) is 19.2. The lowest BCUT2D eigenvalue weighted by molar-refractivity contribution is 0.294. The fraction of sp³-hybridized carbons (Fsp3) is 0.235. The van der Waals surface area contributed by atoms with Crippen LogP contribution in [0.15, 0.2) is 46.4 Å². The van der Waals surface area contributed by atoms with Crippen molar-refractivity contribution < 1.29 is 17.9 Å². The van der Waals surface area contributed by atoms with Gasteiger partial charge in [0.1, 0.15) is 0 Å². The van der Waals surface area contributed by atoms with Crippen LogP contribution >= 0.6 is 23.2 Å².